The second kappa shape index (κ2) is 6.71. The lowest BCUT2D eigenvalue weighted by molar-refractivity contribution is -0.126. The Kier molecular flexibility index (Phi) is 4.97. The predicted octanol–water partition coefficient (Wildman–Crippen LogP) is 2.74. The molecule has 2 atom stereocenters. The number of hydrogen-bond donors (Lipinski definition) is 1. The van der Waals surface area contributed by atoms with Gasteiger partial charge in [0.05, 0.1) is 12.1 Å². The molecule has 3 nitrogen and oxygen atoms in total. The standard InChI is InChI=1S/C16H24N2O/c1-13(15-9-5-3-6-10-15)17-16(19)14(2)18-11-7-4-8-12-18/h3,5-6,9-10,13-14H,4,7-8,11-12H2,1-2H3,(H,17,19)/t13-,14+/m1/s1. The van der Waals surface area contributed by atoms with Crippen LogP contribution in [0.25, 0.3) is 0 Å². The lowest BCUT2D eigenvalue weighted by atomic mass is 10.1. The second-order valence-corrected chi connectivity index (χ2v) is 5.41. The van der Waals surface area contributed by atoms with Crippen LogP contribution in [0.5, 0.6) is 0 Å². The number of piperidine rings is 1. The molecule has 0 unspecified atom stereocenters. The molecular formula is C16H24N2O. The van der Waals surface area contributed by atoms with Gasteiger partial charge in [-0.2, -0.15) is 0 Å². The highest BCUT2D eigenvalue weighted by molar-refractivity contribution is 5.81. The minimum Gasteiger partial charge on any atom is -0.348 e. The van der Waals surface area contributed by atoms with Crippen molar-refractivity contribution in [3.05, 3.63) is 35.9 Å². The SMILES string of the molecule is C[C@@H](NC(=O)[C@H](C)N1CCCCC1)c1ccccc1. The van der Waals surface area contributed by atoms with Gasteiger partial charge in [0.15, 0.2) is 0 Å². The lowest BCUT2D eigenvalue weighted by Gasteiger charge is -2.32. The Morgan fingerprint density at radius 3 is 2.37 bits per heavy atom. The van der Waals surface area contributed by atoms with Gasteiger partial charge in [0.2, 0.25) is 5.91 Å². The molecule has 0 saturated carbocycles. The molecule has 104 valence electrons. The van der Waals surface area contributed by atoms with Crippen LogP contribution in [0.4, 0.5) is 0 Å². The first kappa shape index (κ1) is 14.1. The summed E-state index contributed by atoms with van der Waals surface area (Å²) in [4.78, 5) is 14.6. The summed E-state index contributed by atoms with van der Waals surface area (Å²) in [6.45, 7) is 6.15. The summed E-state index contributed by atoms with van der Waals surface area (Å²) < 4.78 is 0. The first-order valence-corrected chi connectivity index (χ1v) is 7.28. The van der Waals surface area contributed by atoms with Crippen molar-refractivity contribution in [2.75, 3.05) is 13.1 Å². The number of rotatable bonds is 4. The van der Waals surface area contributed by atoms with Gasteiger partial charge in [0, 0.05) is 0 Å². The van der Waals surface area contributed by atoms with E-state index in [9.17, 15) is 4.79 Å². The van der Waals surface area contributed by atoms with E-state index in [-0.39, 0.29) is 18.0 Å². The molecular weight excluding hydrogens is 236 g/mol. The molecule has 1 N–H and O–H groups in total. The number of hydrogen-bond acceptors (Lipinski definition) is 2. The quantitative estimate of drug-likeness (QED) is 0.903. The lowest BCUT2D eigenvalue weighted by Crippen LogP contribution is -2.47. The maximum absolute atomic E-state index is 12.3. The zero-order valence-electron chi connectivity index (χ0n) is 11.9. The summed E-state index contributed by atoms with van der Waals surface area (Å²) in [6, 6.07) is 10.2. The van der Waals surface area contributed by atoms with Crippen LogP contribution in [0.1, 0.15) is 44.7 Å². The zero-order chi connectivity index (χ0) is 13.7. The van der Waals surface area contributed by atoms with Crippen LogP contribution in [0, 0.1) is 0 Å². The van der Waals surface area contributed by atoms with Crippen molar-refractivity contribution in [3.63, 3.8) is 0 Å². The Labute approximate surface area is 116 Å². The molecule has 1 amide bonds. The molecule has 1 aromatic carbocycles. The number of nitrogens with zero attached hydrogens (tertiary/aromatic N) is 1. The maximum Gasteiger partial charge on any atom is 0.237 e. The van der Waals surface area contributed by atoms with Crippen LogP contribution in [0.3, 0.4) is 0 Å². The summed E-state index contributed by atoms with van der Waals surface area (Å²) >= 11 is 0. The largest absolute Gasteiger partial charge is 0.348 e. The number of carbonyl (C=O) groups is 1. The first-order chi connectivity index (χ1) is 9.18. The number of likely N-dealkylation sites (tertiary alicyclic amines) is 1. The molecule has 0 radical (unpaired) electrons. The number of nitrogens with one attached hydrogen (secondary N) is 1. The van der Waals surface area contributed by atoms with Crippen LogP contribution in [-0.4, -0.2) is 29.9 Å². The van der Waals surface area contributed by atoms with E-state index in [1.807, 2.05) is 32.0 Å². The Bertz CT molecular complexity index is 398. The van der Waals surface area contributed by atoms with Crippen LogP contribution in [-0.2, 0) is 4.79 Å². The van der Waals surface area contributed by atoms with E-state index in [1.54, 1.807) is 0 Å². The van der Waals surface area contributed by atoms with Crippen molar-refractivity contribution in [2.45, 2.75) is 45.2 Å². The van der Waals surface area contributed by atoms with E-state index in [0.717, 1.165) is 18.7 Å². The molecule has 0 aliphatic carbocycles. The Morgan fingerprint density at radius 1 is 1.11 bits per heavy atom. The highest BCUT2D eigenvalue weighted by atomic mass is 16.2. The molecule has 3 heteroatoms. The normalized spacial score (nSPS) is 19.7. The van der Waals surface area contributed by atoms with Crippen LogP contribution in [0.2, 0.25) is 0 Å². The van der Waals surface area contributed by atoms with E-state index < -0.39 is 0 Å². The van der Waals surface area contributed by atoms with Gasteiger partial charge in [-0.15, -0.1) is 0 Å². The van der Waals surface area contributed by atoms with Crippen LogP contribution < -0.4 is 5.32 Å². The molecule has 0 spiro atoms. The molecule has 1 saturated heterocycles. The molecule has 2 rings (SSSR count). The fourth-order valence-corrected chi connectivity index (χ4v) is 2.63. The monoisotopic (exact) mass is 260 g/mol. The number of benzene rings is 1. The Morgan fingerprint density at radius 2 is 1.74 bits per heavy atom. The van der Waals surface area contributed by atoms with Crippen molar-refractivity contribution in [2.24, 2.45) is 0 Å². The fourth-order valence-electron chi connectivity index (χ4n) is 2.63. The Hall–Kier alpha value is -1.35. The molecule has 0 aromatic heterocycles. The van der Waals surface area contributed by atoms with Gasteiger partial charge >= 0.3 is 0 Å². The van der Waals surface area contributed by atoms with Gasteiger partial charge in [-0.05, 0) is 45.3 Å². The highest BCUT2D eigenvalue weighted by Gasteiger charge is 2.23. The van der Waals surface area contributed by atoms with Crippen LogP contribution >= 0.6 is 0 Å². The van der Waals surface area contributed by atoms with Crippen molar-refractivity contribution in [3.8, 4) is 0 Å². The van der Waals surface area contributed by atoms with Gasteiger partial charge in [0.1, 0.15) is 0 Å². The molecule has 1 aliphatic heterocycles. The molecule has 1 aromatic rings. The van der Waals surface area contributed by atoms with Gasteiger partial charge in [-0.3, -0.25) is 9.69 Å². The van der Waals surface area contributed by atoms with E-state index in [4.69, 9.17) is 0 Å². The van der Waals surface area contributed by atoms with Gasteiger partial charge in [-0.1, -0.05) is 36.8 Å². The summed E-state index contributed by atoms with van der Waals surface area (Å²) in [5, 5.41) is 3.11. The fraction of sp³-hybridized carbons (Fsp3) is 0.562. The average molecular weight is 260 g/mol. The van der Waals surface area contributed by atoms with Gasteiger partial charge in [0.25, 0.3) is 0 Å². The Balaban J connectivity index is 1.89. The maximum atomic E-state index is 12.3. The molecule has 19 heavy (non-hydrogen) atoms. The summed E-state index contributed by atoms with van der Waals surface area (Å²) in [6.07, 6.45) is 3.73. The van der Waals surface area contributed by atoms with Crippen molar-refractivity contribution in [1.82, 2.24) is 10.2 Å². The molecule has 1 heterocycles. The van der Waals surface area contributed by atoms with Crippen molar-refractivity contribution in [1.29, 1.82) is 0 Å². The van der Waals surface area contributed by atoms with Gasteiger partial charge in [-0.25, -0.2) is 0 Å². The van der Waals surface area contributed by atoms with E-state index in [0.29, 0.717) is 0 Å². The minimum absolute atomic E-state index is 0.0218. The third kappa shape index (κ3) is 3.80. The third-order valence-electron chi connectivity index (χ3n) is 3.98. The first-order valence-electron chi connectivity index (χ1n) is 7.28. The van der Waals surface area contributed by atoms with E-state index in [1.165, 1.54) is 19.3 Å². The second-order valence-electron chi connectivity index (χ2n) is 5.41. The van der Waals surface area contributed by atoms with Crippen LogP contribution in [0.15, 0.2) is 30.3 Å². The highest BCUT2D eigenvalue weighted by Crippen LogP contribution is 2.15. The summed E-state index contributed by atoms with van der Waals surface area (Å²) in [5.41, 5.74) is 1.15. The van der Waals surface area contributed by atoms with Crippen molar-refractivity contribution >= 4 is 5.91 Å². The van der Waals surface area contributed by atoms with E-state index in [2.05, 4.69) is 22.3 Å². The third-order valence-corrected chi connectivity index (χ3v) is 3.98. The minimum atomic E-state index is -0.0218. The number of amides is 1. The molecule has 1 fully saturated rings. The summed E-state index contributed by atoms with van der Waals surface area (Å²) in [7, 11) is 0. The average Bonchev–Trinajstić information content (AvgIpc) is 2.48. The molecule has 0 bridgehead atoms. The van der Waals surface area contributed by atoms with Crippen molar-refractivity contribution < 1.29 is 4.79 Å². The zero-order valence-corrected chi connectivity index (χ0v) is 11.9. The predicted molar refractivity (Wildman–Crippen MR) is 77.9 cm³/mol. The number of carbonyl (C=O) groups excluding carboxylic acids is 1. The molecule has 1 aliphatic rings. The topological polar surface area (TPSA) is 32.3 Å². The smallest absolute Gasteiger partial charge is 0.237 e. The van der Waals surface area contributed by atoms with E-state index >= 15 is 0 Å². The van der Waals surface area contributed by atoms with Gasteiger partial charge < -0.3 is 5.32 Å². The summed E-state index contributed by atoms with van der Waals surface area (Å²) in [5.74, 6) is 0.137.